The molecular weight excluding hydrogens is 372 g/mol. The molecule has 0 unspecified atom stereocenters. The number of piperidine rings is 1. The number of imidazole rings is 1. The number of carbonyl (C=O) groups is 2. The number of hydrogen-bond acceptors (Lipinski definition) is 5. The lowest BCUT2D eigenvalue weighted by Crippen LogP contribution is -2.41. The Labute approximate surface area is 167 Å². The first kappa shape index (κ1) is 18.9. The Morgan fingerprint density at radius 3 is 2.79 bits per heavy atom. The molecule has 0 radical (unpaired) electrons. The minimum atomic E-state index is -1.10. The van der Waals surface area contributed by atoms with Gasteiger partial charge < -0.3 is 15.0 Å². The summed E-state index contributed by atoms with van der Waals surface area (Å²) in [5.74, 6) is -0.317. The van der Waals surface area contributed by atoms with E-state index in [1.165, 1.54) is 10.9 Å². The Hall–Kier alpha value is -3.49. The summed E-state index contributed by atoms with van der Waals surface area (Å²) in [5, 5.41) is 16.5. The van der Waals surface area contributed by atoms with Crippen LogP contribution in [0.1, 0.15) is 39.5 Å². The van der Waals surface area contributed by atoms with Crippen molar-refractivity contribution in [3.8, 4) is 11.4 Å². The molecule has 0 bridgehead atoms. The van der Waals surface area contributed by atoms with E-state index in [2.05, 4.69) is 20.3 Å². The number of H-pyrrole nitrogens is 1. The van der Waals surface area contributed by atoms with Crippen LogP contribution in [0.5, 0.6) is 0 Å². The van der Waals surface area contributed by atoms with E-state index in [1.54, 1.807) is 0 Å². The minimum Gasteiger partial charge on any atom is -0.476 e. The maximum atomic E-state index is 13.1. The van der Waals surface area contributed by atoms with Crippen molar-refractivity contribution < 1.29 is 14.7 Å². The predicted octanol–water partition coefficient (Wildman–Crippen LogP) is 2.23. The second kappa shape index (κ2) is 7.86. The fourth-order valence-electron chi connectivity index (χ4n) is 3.70. The van der Waals surface area contributed by atoms with Gasteiger partial charge in [0, 0.05) is 30.9 Å². The molecule has 4 rings (SSSR count). The average molecular weight is 394 g/mol. The molecule has 1 amide bonds. The maximum absolute atomic E-state index is 13.1. The van der Waals surface area contributed by atoms with Crippen LogP contribution >= 0.6 is 0 Å². The van der Waals surface area contributed by atoms with Crippen molar-refractivity contribution in [1.29, 1.82) is 0 Å². The number of carboxylic acid groups (broad SMARTS) is 1. The summed E-state index contributed by atoms with van der Waals surface area (Å²) in [6, 6.07) is 9.71. The lowest BCUT2D eigenvalue weighted by Gasteiger charge is -2.32. The van der Waals surface area contributed by atoms with Crippen molar-refractivity contribution in [2.75, 3.05) is 13.1 Å². The number of likely N-dealkylation sites (tertiary alicyclic amines) is 1. The quantitative estimate of drug-likeness (QED) is 0.685. The molecule has 0 saturated carbocycles. The van der Waals surface area contributed by atoms with Gasteiger partial charge in [0.25, 0.3) is 5.91 Å². The van der Waals surface area contributed by atoms with Gasteiger partial charge in [-0.05, 0) is 25.7 Å². The zero-order valence-corrected chi connectivity index (χ0v) is 16.1. The monoisotopic (exact) mass is 394 g/mol. The number of benzene rings is 1. The number of aromatic carboxylic acids is 1. The van der Waals surface area contributed by atoms with E-state index in [1.807, 2.05) is 42.2 Å². The smallest absolute Gasteiger partial charge is 0.358 e. The molecule has 2 aromatic heterocycles. The number of aromatic amines is 1. The molecule has 3 aromatic rings. The fraction of sp³-hybridized carbons (Fsp3) is 0.350. The number of rotatable bonds is 5. The van der Waals surface area contributed by atoms with Crippen molar-refractivity contribution in [1.82, 2.24) is 29.9 Å². The molecule has 150 valence electrons. The highest BCUT2D eigenvalue weighted by Gasteiger charge is 2.28. The van der Waals surface area contributed by atoms with Crippen molar-refractivity contribution >= 4 is 11.9 Å². The van der Waals surface area contributed by atoms with Crippen LogP contribution in [0, 0.1) is 12.8 Å². The van der Waals surface area contributed by atoms with Crippen molar-refractivity contribution in [2.45, 2.75) is 26.3 Å². The summed E-state index contributed by atoms with van der Waals surface area (Å²) in [4.78, 5) is 33.6. The van der Waals surface area contributed by atoms with Crippen LogP contribution < -0.4 is 0 Å². The van der Waals surface area contributed by atoms with Gasteiger partial charge in [-0.1, -0.05) is 35.5 Å². The van der Waals surface area contributed by atoms with Crippen LogP contribution in [-0.2, 0) is 6.54 Å². The molecule has 0 spiro atoms. The first-order chi connectivity index (χ1) is 14.0. The van der Waals surface area contributed by atoms with E-state index in [0.29, 0.717) is 31.2 Å². The van der Waals surface area contributed by atoms with Gasteiger partial charge >= 0.3 is 5.97 Å². The van der Waals surface area contributed by atoms with Gasteiger partial charge in [-0.3, -0.25) is 9.48 Å². The van der Waals surface area contributed by atoms with E-state index in [9.17, 15) is 9.59 Å². The number of nitrogens with one attached hydrogen (secondary N) is 1. The van der Waals surface area contributed by atoms with Crippen LogP contribution in [0.2, 0.25) is 0 Å². The molecule has 3 heterocycles. The molecule has 1 aliphatic heterocycles. The van der Waals surface area contributed by atoms with E-state index < -0.39 is 5.97 Å². The number of aromatic nitrogens is 5. The summed E-state index contributed by atoms with van der Waals surface area (Å²) in [7, 11) is 0. The van der Waals surface area contributed by atoms with Gasteiger partial charge in [-0.25, -0.2) is 9.78 Å². The third kappa shape index (κ3) is 4.03. The lowest BCUT2D eigenvalue weighted by atomic mass is 9.97. The molecular formula is C20H22N6O3. The first-order valence-electron chi connectivity index (χ1n) is 9.56. The second-order valence-corrected chi connectivity index (χ2v) is 7.32. The van der Waals surface area contributed by atoms with Crippen LogP contribution in [0.25, 0.3) is 11.4 Å². The standard InChI is InChI=1S/C20H22N6O3/c1-13-17(22-18(21-13)15-7-3-2-4-8-15)19(27)25-9-5-6-14(10-25)11-26-12-16(20(28)29)23-24-26/h2-4,7-8,12,14H,5-6,9-11H2,1H3,(H,21,22)(H,28,29)/t14-/m0/s1. The van der Waals surface area contributed by atoms with Crippen LogP contribution in [-0.4, -0.2) is 59.9 Å². The van der Waals surface area contributed by atoms with Crippen LogP contribution in [0.3, 0.4) is 0 Å². The normalized spacial score (nSPS) is 16.7. The predicted molar refractivity (Wildman–Crippen MR) is 104 cm³/mol. The zero-order valence-electron chi connectivity index (χ0n) is 16.1. The molecule has 1 saturated heterocycles. The minimum absolute atomic E-state index is 0.0747. The van der Waals surface area contributed by atoms with Gasteiger partial charge in [-0.2, -0.15) is 0 Å². The molecule has 2 N–H and O–H groups in total. The van der Waals surface area contributed by atoms with E-state index in [-0.39, 0.29) is 17.5 Å². The Kier molecular flexibility index (Phi) is 5.11. The molecule has 1 fully saturated rings. The number of carboxylic acids is 1. The van der Waals surface area contributed by atoms with E-state index >= 15 is 0 Å². The van der Waals surface area contributed by atoms with Gasteiger partial charge in [0.2, 0.25) is 0 Å². The molecule has 9 heteroatoms. The Bertz CT molecular complexity index is 1030. The maximum Gasteiger partial charge on any atom is 0.358 e. The SMILES string of the molecule is Cc1[nH]c(-c2ccccc2)nc1C(=O)N1CCC[C@H](Cn2cc(C(=O)O)nn2)C1. The van der Waals surface area contributed by atoms with E-state index in [4.69, 9.17) is 5.11 Å². The zero-order chi connectivity index (χ0) is 20.4. The topological polar surface area (TPSA) is 117 Å². The highest BCUT2D eigenvalue weighted by atomic mass is 16.4. The molecule has 1 atom stereocenters. The lowest BCUT2D eigenvalue weighted by molar-refractivity contribution is 0.0652. The molecule has 0 aliphatic carbocycles. The summed E-state index contributed by atoms with van der Waals surface area (Å²) in [6.45, 7) is 3.64. The third-order valence-corrected chi connectivity index (χ3v) is 5.14. The average Bonchev–Trinajstić information content (AvgIpc) is 3.35. The van der Waals surface area contributed by atoms with Gasteiger partial charge in [0.05, 0.1) is 6.20 Å². The summed E-state index contributed by atoms with van der Waals surface area (Å²) in [5.41, 5.74) is 2.05. The first-order valence-corrected chi connectivity index (χ1v) is 9.56. The van der Waals surface area contributed by atoms with Gasteiger partial charge in [0.1, 0.15) is 11.5 Å². The van der Waals surface area contributed by atoms with Gasteiger partial charge in [0.15, 0.2) is 5.69 Å². The number of hydrogen-bond donors (Lipinski definition) is 2. The molecule has 9 nitrogen and oxygen atoms in total. The van der Waals surface area contributed by atoms with Crippen molar-refractivity contribution in [3.63, 3.8) is 0 Å². The highest BCUT2D eigenvalue weighted by molar-refractivity contribution is 5.94. The van der Waals surface area contributed by atoms with Crippen LogP contribution in [0.15, 0.2) is 36.5 Å². The van der Waals surface area contributed by atoms with Gasteiger partial charge in [-0.15, -0.1) is 5.10 Å². The van der Waals surface area contributed by atoms with Crippen molar-refractivity contribution in [2.24, 2.45) is 5.92 Å². The molecule has 29 heavy (non-hydrogen) atoms. The van der Waals surface area contributed by atoms with Crippen molar-refractivity contribution in [3.05, 3.63) is 53.6 Å². The Morgan fingerprint density at radius 1 is 1.28 bits per heavy atom. The molecule has 1 aliphatic rings. The summed E-state index contributed by atoms with van der Waals surface area (Å²) in [6.07, 6.45) is 3.25. The summed E-state index contributed by atoms with van der Waals surface area (Å²) < 4.78 is 1.54. The number of aryl methyl sites for hydroxylation is 1. The molecule has 1 aromatic carbocycles. The number of carbonyl (C=O) groups excluding carboxylic acids is 1. The fourth-order valence-corrected chi connectivity index (χ4v) is 3.70. The highest BCUT2D eigenvalue weighted by Crippen LogP contribution is 2.23. The Balaban J connectivity index is 1.46. The Morgan fingerprint density at radius 2 is 2.07 bits per heavy atom. The second-order valence-electron chi connectivity index (χ2n) is 7.32. The van der Waals surface area contributed by atoms with Crippen LogP contribution in [0.4, 0.5) is 0 Å². The summed E-state index contributed by atoms with van der Waals surface area (Å²) >= 11 is 0. The van der Waals surface area contributed by atoms with E-state index in [0.717, 1.165) is 24.1 Å². The number of nitrogens with zero attached hydrogens (tertiary/aromatic N) is 5. The largest absolute Gasteiger partial charge is 0.476 e. The third-order valence-electron chi connectivity index (χ3n) is 5.14. The number of amides is 1.